The van der Waals surface area contributed by atoms with Crippen LogP contribution in [0.3, 0.4) is 0 Å². The zero-order valence-electron chi connectivity index (χ0n) is 9.70. The lowest BCUT2D eigenvalue weighted by Crippen LogP contribution is -2.00. The van der Waals surface area contributed by atoms with Gasteiger partial charge in [-0.25, -0.2) is 0 Å². The van der Waals surface area contributed by atoms with E-state index in [1.165, 1.54) is 11.1 Å². The molecule has 0 aliphatic carbocycles. The van der Waals surface area contributed by atoms with Crippen molar-refractivity contribution in [2.45, 2.75) is 20.4 Å². The molecule has 0 aliphatic rings. The van der Waals surface area contributed by atoms with Crippen LogP contribution in [0.2, 0.25) is 0 Å². The quantitative estimate of drug-likeness (QED) is 0.844. The van der Waals surface area contributed by atoms with E-state index in [1.807, 2.05) is 19.2 Å². The van der Waals surface area contributed by atoms with Crippen LogP contribution >= 0.6 is 0 Å². The fourth-order valence-electron chi connectivity index (χ4n) is 1.68. The molecule has 1 heterocycles. The molecular formula is C14H16N2. The van der Waals surface area contributed by atoms with E-state index in [9.17, 15) is 0 Å². The van der Waals surface area contributed by atoms with Gasteiger partial charge in [-0.2, -0.15) is 0 Å². The highest BCUT2D eigenvalue weighted by molar-refractivity contribution is 5.43. The van der Waals surface area contributed by atoms with Crippen molar-refractivity contribution in [1.29, 1.82) is 0 Å². The molecule has 2 heteroatoms. The molecule has 2 aromatic rings. The number of anilines is 1. The fourth-order valence-corrected chi connectivity index (χ4v) is 1.68. The van der Waals surface area contributed by atoms with Crippen LogP contribution < -0.4 is 5.32 Å². The predicted octanol–water partition coefficient (Wildman–Crippen LogP) is 3.31. The molecule has 0 bridgehead atoms. The lowest BCUT2D eigenvalue weighted by molar-refractivity contribution is 1.12. The molecule has 0 aliphatic heterocycles. The minimum atomic E-state index is 0.852. The summed E-state index contributed by atoms with van der Waals surface area (Å²) < 4.78 is 0. The minimum Gasteiger partial charge on any atom is -0.381 e. The lowest BCUT2D eigenvalue weighted by Gasteiger charge is -2.07. The van der Waals surface area contributed by atoms with Gasteiger partial charge in [0.25, 0.3) is 0 Å². The molecule has 2 rings (SSSR count). The van der Waals surface area contributed by atoms with Crippen molar-refractivity contribution in [3.8, 4) is 0 Å². The summed E-state index contributed by atoms with van der Waals surface area (Å²) in [6.07, 6.45) is 1.83. The first-order valence-corrected chi connectivity index (χ1v) is 5.46. The highest BCUT2D eigenvalue weighted by Crippen LogP contribution is 2.10. The van der Waals surface area contributed by atoms with Gasteiger partial charge < -0.3 is 5.32 Å². The Morgan fingerprint density at radius 3 is 2.75 bits per heavy atom. The van der Waals surface area contributed by atoms with Gasteiger partial charge in [0, 0.05) is 24.1 Å². The number of rotatable bonds is 3. The molecule has 0 spiro atoms. The van der Waals surface area contributed by atoms with Crippen LogP contribution in [0.5, 0.6) is 0 Å². The number of pyridine rings is 1. The van der Waals surface area contributed by atoms with E-state index < -0.39 is 0 Å². The Morgan fingerprint density at radius 2 is 2.00 bits per heavy atom. The number of nitrogens with one attached hydrogen (secondary N) is 1. The largest absolute Gasteiger partial charge is 0.381 e. The third-order valence-corrected chi connectivity index (χ3v) is 2.48. The summed E-state index contributed by atoms with van der Waals surface area (Å²) in [4.78, 5) is 4.17. The Balaban J connectivity index is 2.02. The zero-order chi connectivity index (χ0) is 11.4. The molecule has 1 N–H and O–H groups in total. The van der Waals surface area contributed by atoms with Crippen molar-refractivity contribution in [3.05, 3.63) is 59.4 Å². The highest BCUT2D eigenvalue weighted by atomic mass is 14.9. The van der Waals surface area contributed by atoms with E-state index in [1.54, 1.807) is 0 Å². The third-order valence-electron chi connectivity index (χ3n) is 2.48. The molecule has 0 atom stereocenters. The molecular weight excluding hydrogens is 196 g/mol. The van der Waals surface area contributed by atoms with Gasteiger partial charge in [0.2, 0.25) is 0 Å². The zero-order valence-corrected chi connectivity index (χ0v) is 9.70. The van der Waals surface area contributed by atoms with Gasteiger partial charge in [-0.05, 0) is 31.5 Å². The number of hydrogen-bond donors (Lipinski definition) is 1. The van der Waals surface area contributed by atoms with Crippen molar-refractivity contribution in [1.82, 2.24) is 4.98 Å². The molecule has 0 fully saturated rings. The van der Waals surface area contributed by atoms with Crippen LogP contribution in [0.4, 0.5) is 5.69 Å². The first-order valence-electron chi connectivity index (χ1n) is 5.46. The molecule has 0 saturated carbocycles. The van der Waals surface area contributed by atoms with Crippen LogP contribution in [0, 0.1) is 13.8 Å². The Hall–Kier alpha value is -1.83. The first-order chi connectivity index (χ1) is 7.74. The molecule has 2 nitrogen and oxygen atoms in total. The predicted molar refractivity (Wildman–Crippen MR) is 67.5 cm³/mol. The Morgan fingerprint density at radius 1 is 1.12 bits per heavy atom. The molecule has 16 heavy (non-hydrogen) atoms. The Kier molecular flexibility index (Phi) is 3.20. The maximum absolute atomic E-state index is 4.17. The molecule has 0 unspecified atom stereocenters. The summed E-state index contributed by atoms with van der Waals surface area (Å²) in [6, 6.07) is 12.6. The number of aromatic nitrogens is 1. The van der Waals surface area contributed by atoms with Crippen molar-refractivity contribution in [2.24, 2.45) is 0 Å². The number of hydrogen-bond acceptors (Lipinski definition) is 2. The molecule has 0 saturated heterocycles. The second kappa shape index (κ2) is 4.79. The maximum Gasteiger partial charge on any atom is 0.0400 e. The maximum atomic E-state index is 4.17. The van der Waals surface area contributed by atoms with Crippen molar-refractivity contribution >= 4 is 5.69 Å². The van der Waals surface area contributed by atoms with Crippen molar-refractivity contribution in [2.75, 3.05) is 5.32 Å². The summed E-state index contributed by atoms with van der Waals surface area (Å²) in [5.41, 5.74) is 4.75. The Bertz CT molecular complexity index is 432. The number of aryl methyl sites for hydroxylation is 2. The smallest absolute Gasteiger partial charge is 0.0400 e. The van der Waals surface area contributed by atoms with Gasteiger partial charge in [-0.15, -0.1) is 0 Å². The van der Waals surface area contributed by atoms with Crippen LogP contribution in [-0.4, -0.2) is 4.98 Å². The molecule has 82 valence electrons. The monoisotopic (exact) mass is 212 g/mol. The van der Waals surface area contributed by atoms with Crippen LogP contribution in [0.25, 0.3) is 0 Å². The van der Waals surface area contributed by atoms with Crippen LogP contribution in [-0.2, 0) is 6.54 Å². The second-order valence-electron chi connectivity index (χ2n) is 4.03. The second-order valence-corrected chi connectivity index (χ2v) is 4.03. The van der Waals surface area contributed by atoms with Gasteiger partial charge in [-0.1, -0.05) is 29.8 Å². The normalized spacial score (nSPS) is 10.1. The summed E-state index contributed by atoms with van der Waals surface area (Å²) in [5, 5.41) is 3.39. The van der Waals surface area contributed by atoms with Crippen molar-refractivity contribution in [3.63, 3.8) is 0 Å². The van der Waals surface area contributed by atoms with Gasteiger partial charge in [-0.3, -0.25) is 4.98 Å². The molecule has 0 amide bonds. The summed E-state index contributed by atoms with van der Waals surface area (Å²) in [5.74, 6) is 0. The van der Waals surface area contributed by atoms with Gasteiger partial charge in [0.05, 0.1) is 0 Å². The van der Waals surface area contributed by atoms with Gasteiger partial charge >= 0.3 is 0 Å². The highest BCUT2D eigenvalue weighted by Gasteiger charge is 1.95. The van der Waals surface area contributed by atoms with E-state index in [-0.39, 0.29) is 0 Å². The van der Waals surface area contributed by atoms with Crippen LogP contribution in [0.15, 0.2) is 42.6 Å². The van der Waals surface area contributed by atoms with E-state index in [2.05, 4.69) is 47.6 Å². The summed E-state index contributed by atoms with van der Waals surface area (Å²) in [7, 11) is 0. The molecule has 0 radical (unpaired) electrons. The van der Waals surface area contributed by atoms with E-state index in [0.717, 1.165) is 17.9 Å². The fraction of sp³-hybridized carbons (Fsp3) is 0.214. The van der Waals surface area contributed by atoms with E-state index in [4.69, 9.17) is 0 Å². The van der Waals surface area contributed by atoms with Crippen molar-refractivity contribution < 1.29 is 0 Å². The molecule has 1 aromatic carbocycles. The Labute approximate surface area is 96.4 Å². The van der Waals surface area contributed by atoms with Gasteiger partial charge in [0.15, 0.2) is 0 Å². The standard InChI is InChI=1S/C14H16N2/c1-11-4-3-5-13(8-11)10-16-14-6-7-15-12(2)9-14/h3-9H,10H2,1-2H3,(H,15,16). The number of benzene rings is 1. The summed E-state index contributed by atoms with van der Waals surface area (Å²) >= 11 is 0. The average Bonchev–Trinajstić information content (AvgIpc) is 2.27. The minimum absolute atomic E-state index is 0.852. The van der Waals surface area contributed by atoms with Gasteiger partial charge in [0.1, 0.15) is 0 Å². The SMILES string of the molecule is Cc1cccc(CNc2ccnc(C)c2)c1. The van der Waals surface area contributed by atoms with E-state index >= 15 is 0 Å². The van der Waals surface area contributed by atoms with Crippen LogP contribution in [0.1, 0.15) is 16.8 Å². The third kappa shape index (κ3) is 2.83. The number of nitrogens with zero attached hydrogens (tertiary/aromatic N) is 1. The molecule has 1 aromatic heterocycles. The summed E-state index contributed by atoms with van der Waals surface area (Å²) in [6.45, 7) is 4.96. The average molecular weight is 212 g/mol. The topological polar surface area (TPSA) is 24.9 Å². The lowest BCUT2D eigenvalue weighted by atomic mass is 10.1. The van der Waals surface area contributed by atoms with E-state index in [0.29, 0.717) is 0 Å². The first kappa shape index (κ1) is 10.7.